The molecule has 8 nitrogen and oxygen atoms in total. The smallest absolute Gasteiger partial charge is 0.293 e. The molecule has 3 heterocycles. The zero-order chi connectivity index (χ0) is 14.7. The Labute approximate surface area is 137 Å². The monoisotopic (exact) mass is 342 g/mol. The van der Waals surface area contributed by atoms with Crippen LogP contribution < -0.4 is 5.32 Å². The van der Waals surface area contributed by atoms with Crippen LogP contribution in [0.15, 0.2) is 32.5 Å². The summed E-state index contributed by atoms with van der Waals surface area (Å²) >= 11 is 1.50. The van der Waals surface area contributed by atoms with Crippen LogP contribution >= 0.6 is 24.2 Å². The van der Waals surface area contributed by atoms with E-state index in [1.54, 1.807) is 18.4 Å². The van der Waals surface area contributed by atoms with Gasteiger partial charge in [-0.25, -0.2) is 0 Å². The van der Waals surface area contributed by atoms with E-state index in [9.17, 15) is 0 Å². The summed E-state index contributed by atoms with van der Waals surface area (Å²) < 4.78 is 12.3. The lowest BCUT2D eigenvalue weighted by Crippen LogP contribution is -2.10. The summed E-state index contributed by atoms with van der Waals surface area (Å²) in [5.41, 5.74) is 0. The van der Waals surface area contributed by atoms with Crippen LogP contribution in [0.1, 0.15) is 11.6 Å². The first-order valence-corrected chi connectivity index (χ1v) is 7.28. The SMILES string of the molecule is CNCc1nnc(SCc2noc(-c3ccco3)n2)n1C.Cl. The first kappa shape index (κ1) is 16.5. The van der Waals surface area contributed by atoms with Crippen LogP contribution in [-0.4, -0.2) is 32.0 Å². The minimum Gasteiger partial charge on any atom is -0.459 e. The lowest BCUT2D eigenvalue weighted by atomic mass is 10.4. The second kappa shape index (κ2) is 7.43. The highest BCUT2D eigenvalue weighted by Crippen LogP contribution is 2.22. The van der Waals surface area contributed by atoms with Gasteiger partial charge in [-0.2, -0.15) is 4.98 Å². The van der Waals surface area contributed by atoms with E-state index in [0.717, 1.165) is 11.0 Å². The van der Waals surface area contributed by atoms with E-state index in [2.05, 4.69) is 25.7 Å². The average molecular weight is 343 g/mol. The van der Waals surface area contributed by atoms with Gasteiger partial charge in [0, 0.05) is 7.05 Å². The van der Waals surface area contributed by atoms with Crippen LogP contribution in [0.4, 0.5) is 0 Å². The molecule has 0 saturated heterocycles. The lowest BCUT2D eigenvalue weighted by Gasteiger charge is -2.01. The molecule has 0 fully saturated rings. The van der Waals surface area contributed by atoms with Crippen LogP contribution in [0.3, 0.4) is 0 Å². The predicted molar refractivity (Wildman–Crippen MR) is 82.6 cm³/mol. The van der Waals surface area contributed by atoms with Gasteiger partial charge in [0.05, 0.1) is 18.6 Å². The molecule has 0 aliphatic rings. The third-order valence-corrected chi connectivity index (χ3v) is 3.81. The number of thioether (sulfide) groups is 1. The Hall–Kier alpha value is -1.84. The van der Waals surface area contributed by atoms with Crippen molar-refractivity contribution in [2.24, 2.45) is 7.05 Å². The van der Waals surface area contributed by atoms with E-state index < -0.39 is 0 Å². The second-order valence-corrected chi connectivity index (χ2v) is 5.21. The maximum Gasteiger partial charge on any atom is 0.293 e. The predicted octanol–water partition coefficient (Wildman–Crippen LogP) is 1.89. The Morgan fingerprint density at radius 3 is 2.95 bits per heavy atom. The van der Waals surface area contributed by atoms with Gasteiger partial charge in [-0.05, 0) is 19.2 Å². The molecule has 0 aliphatic carbocycles. The number of hydrogen-bond acceptors (Lipinski definition) is 8. The van der Waals surface area contributed by atoms with Crippen molar-refractivity contribution in [2.75, 3.05) is 7.05 Å². The molecule has 0 spiro atoms. The highest BCUT2D eigenvalue weighted by atomic mass is 35.5. The Kier molecular flexibility index (Phi) is 5.58. The van der Waals surface area contributed by atoms with Crippen molar-refractivity contribution >= 4 is 24.2 Å². The van der Waals surface area contributed by atoms with Gasteiger partial charge in [0.2, 0.25) is 0 Å². The van der Waals surface area contributed by atoms with E-state index >= 15 is 0 Å². The molecule has 1 N–H and O–H groups in total. The highest BCUT2D eigenvalue weighted by molar-refractivity contribution is 7.98. The third-order valence-electron chi connectivity index (χ3n) is 2.79. The number of rotatable bonds is 6. The fraction of sp³-hybridized carbons (Fsp3) is 0.333. The van der Waals surface area contributed by atoms with Gasteiger partial charge in [0.1, 0.15) is 5.82 Å². The van der Waals surface area contributed by atoms with Crippen molar-refractivity contribution in [1.29, 1.82) is 0 Å². The number of aromatic nitrogens is 5. The van der Waals surface area contributed by atoms with Gasteiger partial charge in [0.15, 0.2) is 16.7 Å². The molecule has 0 unspecified atom stereocenters. The van der Waals surface area contributed by atoms with Crippen molar-refractivity contribution in [3.8, 4) is 11.7 Å². The summed E-state index contributed by atoms with van der Waals surface area (Å²) in [4.78, 5) is 4.28. The van der Waals surface area contributed by atoms with Crippen molar-refractivity contribution in [3.63, 3.8) is 0 Å². The highest BCUT2D eigenvalue weighted by Gasteiger charge is 2.13. The fourth-order valence-electron chi connectivity index (χ4n) is 1.72. The first-order valence-electron chi connectivity index (χ1n) is 6.30. The molecule has 0 aliphatic heterocycles. The number of nitrogens with zero attached hydrogens (tertiary/aromatic N) is 5. The molecule has 0 bridgehead atoms. The summed E-state index contributed by atoms with van der Waals surface area (Å²) in [7, 11) is 3.80. The summed E-state index contributed by atoms with van der Waals surface area (Å²) in [6, 6.07) is 3.55. The standard InChI is InChI=1S/C12H14N6O2S.ClH/c1-13-6-10-15-16-12(18(10)2)21-7-9-14-11(20-17-9)8-4-3-5-19-8;/h3-5,13H,6-7H2,1-2H3;1H. The van der Waals surface area contributed by atoms with Crippen LogP contribution in [0.25, 0.3) is 11.7 Å². The molecule has 118 valence electrons. The Morgan fingerprint density at radius 2 is 2.23 bits per heavy atom. The van der Waals surface area contributed by atoms with Gasteiger partial charge < -0.3 is 18.8 Å². The zero-order valence-corrected chi connectivity index (χ0v) is 13.6. The average Bonchev–Trinajstić information content (AvgIpc) is 3.19. The van der Waals surface area contributed by atoms with Gasteiger partial charge in [-0.1, -0.05) is 16.9 Å². The molecular weight excluding hydrogens is 328 g/mol. The lowest BCUT2D eigenvalue weighted by molar-refractivity contribution is 0.411. The van der Waals surface area contributed by atoms with Gasteiger partial charge >= 0.3 is 0 Å². The van der Waals surface area contributed by atoms with Gasteiger partial charge in [-0.15, -0.1) is 22.6 Å². The second-order valence-electron chi connectivity index (χ2n) is 4.27. The summed E-state index contributed by atoms with van der Waals surface area (Å²) in [6.07, 6.45) is 1.57. The zero-order valence-electron chi connectivity index (χ0n) is 12.0. The summed E-state index contributed by atoms with van der Waals surface area (Å²) in [6.45, 7) is 0.676. The fourth-order valence-corrected chi connectivity index (χ4v) is 2.50. The van der Waals surface area contributed by atoms with E-state index in [4.69, 9.17) is 8.94 Å². The maximum absolute atomic E-state index is 5.21. The molecule has 0 amide bonds. The molecule has 3 rings (SSSR count). The largest absolute Gasteiger partial charge is 0.459 e. The third kappa shape index (κ3) is 3.49. The molecule has 0 aromatic carbocycles. The summed E-state index contributed by atoms with van der Waals surface area (Å²) in [5, 5.41) is 16.0. The van der Waals surface area contributed by atoms with Crippen molar-refractivity contribution in [3.05, 3.63) is 30.0 Å². The van der Waals surface area contributed by atoms with Crippen molar-refractivity contribution < 1.29 is 8.94 Å². The number of furan rings is 1. The Morgan fingerprint density at radius 1 is 1.36 bits per heavy atom. The number of halogens is 1. The van der Waals surface area contributed by atoms with Crippen LogP contribution in [0.2, 0.25) is 0 Å². The first-order chi connectivity index (χ1) is 10.3. The van der Waals surface area contributed by atoms with Crippen LogP contribution in [0.5, 0.6) is 0 Å². The minimum absolute atomic E-state index is 0. The van der Waals surface area contributed by atoms with Crippen molar-refractivity contribution in [2.45, 2.75) is 17.5 Å². The van der Waals surface area contributed by atoms with E-state index in [0.29, 0.717) is 29.8 Å². The molecule has 0 saturated carbocycles. The number of nitrogens with one attached hydrogen (secondary N) is 1. The quantitative estimate of drug-likeness (QED) is 0.678. The van der Waals surface area contributed by atoms with Gasteiger partial charge in [0.25, 0.3) is 5.89 Å². The number of hydrogen-bond donors (Lipinski definition) is 1. The molecule has 22 heavy (non-hydrogen) atoms. The van der Waals surface area contributed by atoms with Crippen molar-refractivity contribution in [1.82, 2.24) is 30.2 Å². The molecule has 3 aromatic rings. The van der Waals surface area contributed by atoms with Gasteiger partial charge in [-0.3, -0.25) is 0 Å². The molecule has 10 heteroatoms. The maximum atomic E-state index is 5.21. The van der Waals surface area contributed by atoms with E-state index in [1.165, 1.54) is 11.8 Å². The topological polar surface area (TPSA) is 94.8 Å². The summed E-state index contributed by atoms with van der Waals surface area (Å²) in [5.74, 6) is 2.96. The Bertz CT molecular complexity index is 711. The molecule has 3 aromatic heterocycles. The minimum atomic E-state index is 0. The normalized spacial score (nSPS) is 10.6. The van der Waals surface area contributed by atoms with Crippen LogP contribution in [-0.2, 0) is 19.3 Å². The molecular formula is C12H15ClN6O2S. The Balaban J connectivity index is 0.00000176. The van der Waals surface area contributed by atoms with E-state index in [1.807, 2.05) is 18.7 Å². The van der Waals surface area contributed by atoms with Crippen LogP contribution in [0, 0.1) is 0 Å². The van der Waals surface area contributed by atoms with E-state index in [-0.39, 0.29) is 12.4 Å². The molecule has 0 atom stereocenters. The molecule has 0 radical (unpaired) electrons.